The zero-order valence-corrected chi connectivity index (χ0v) is 14.7. The van der Waals surface area contributed by atoms with Crippen molar-refractivity contribution in [1.29, 1.82) is 0 Å². The van der Waals surface area contributed by atoms with E-state index in [0.29, 0.717) is 13.0 Å². The van der Waals surface area contributed by atoms with Crippen LogP contribution in [0.1, 0.15) is 47.0 Å². The number of nitrogens with one attached hydrogen (secondary N) is 2. The van der Waals surface area contributed by atoms with Crippen molar-refractivity contribution < 1.29 is 14.7 Å². The van der Waals surface area contributed by atoms with Crippen molar-refractivity contribution >= 4 is 23.8 Å². The second-order valence-electron chi connectivity index (χ2n) is 6.54. The second-order valence-corrected chi connectivity index (χ2v) is 7.45. The normalized spacial score (nSPS) is 14.3. The molecule has 0 aromatic rings. The van der Waals surface area contributed by atoms with Crippen LogP contribution in [0.5, 0.6) is 0 Å². The minimum atomic E-state index is -0.763. The Bertz CT molecular complexity index is 329. The van der Waals surface area contributed by atoms with Gasteiger partial charge in [0.1, 0.15) is 0 Å². The van der Waals surface area contributed by atoms with E-state index in [9.17, 15) is 9.59 Å². The fourth-order valence-electron chi connectivity index (χ4n) is 2.23. The molecule has 0 aliphatic heterocycles. The number of thioether (sulfide) groups is 1. The Morgan fingerprint density at radius 1 is 1.24 bits per heavy atom. The van der Waals surface area contributed by atoms with Gasteiger partial charge in [-0.25, -0.2) is 4.79 Å². The zero-order chi connectivity index (χ0) is 16.5. The lowest BCUT2D eigenvalue weighted by Gasteiger charge is -2.30. The van der Waals surface area contributed by atoms with Gasteiger partial charge in [0.05, 0.1) is 0 Å². The van der Waals surface area contributed by atoms with E-state index in [-0.39, 0.29) is 29.8 Å². The van der Waals surface area contributed by atoms with Crippen molar-refractivity contribution in [3.8, 4) is 0 Å². The lowest BCUT2D eigenvalue weighted by Crippen LogP contribution is -2.42. The fraction of sp³-hybridized carbons (Fsp3) is 0.867. The molecule has 0 spiro atoms. The zero-order valence-electron chi connectivity index (χ0n) is 13.9. The molecule has 5 nitrogen and oxygen atoms in total. The van der Waals surface area contributed by atoms with Gasteiger partial charge in [0, 0.05) is 24.8 Å². The lowest BCUT2D eigenvalue weighted by molar-refractivity contribution is -0.137. The van der Waals surface area contributed by atoms with Crippen LogP contribution in [0.2, 0.25) is 0 Å². The largest absolute Gasteiger partial charge is 0.481 e. The summed E-state index contributed by atoms with van der Waals surface area (Å²) in [6.07, 6.45) is 3.62. The van der Waals surface area contributed by atoms with Gasteiger partial charge in [0.25, 0.3) is 0 Å². The highest BCUT2D eigenvalue weighted by molar-refractivity contribution is 7.98. The third-order valence-electron chi connectivity index (χ3n) is 3.50. The van der Waals surface area contributed by atoms with Crippen LogP contribution in [-0.4, -0.2) is 41.7 Å². The Labute approximate surface area is 132 Å². The Morgan fingerprint density at radius 2 is 1.86 bits per heavy atom. The molecule has 0 saturated carbocycles. The van der Waals surface area contributed by atoms with Crippen molar-refractivity contribution in [3.05, 3.63) is 0 Å². The van der Waals surface area contributed by atoms with Crippen molar-refractivity contribution in [3.63, 3.8) is 0 Å². The summed E-state index contributed by atoms with van der Waals surface area (Å²) < 4.78 is 0. The molecule has 0 radical (unpaired) electrons. The molecular formula is C15H30N2O3S. The molecule has 0 rings (SSSR count). The number of carbonyl (C=O) groups excluding carboxylic acids is 1. The van der Waals surface area contributed by atoms with Gasteiger partial charge in [-0.15, -0.1) is 0 Å². The van der Waals surface area contributed by atoms with Crippen LogP contribution < -0.4 is 10.6 Å². The molecule has 2 atom stereocenters. The van der Waals surface area contributed by atoms with Gasteiger partial charge in [-0.3, -0.25) is 4.79 Å². The summed E-state index contributed by atoms with van der Waals surface area (Å²) in [7, 11) is 0. The maximum atomic E-state index is 11.7. The van der Waals surface area contributed by atoms with Gasteiger partial charge >= 0.3 is 12.0 Å². The summed E-state index contributed by atoms with van der Waals surface area (Å²) in [6.45, 7) is 8.88. The molecule has 6 heteroatoms. The quantitative estimate of drug-likeness (QED) is 0.611. The maximum Gasteiger partial charge on any atom is 0.315 e. The fourth-order valence-corrected chi connectivity index (χ4v) is 2.82. The van der Waals surface area contributed by atoms with Crippen LogP contribution in [0.15, 0.2) is 0 Å². The van der Waals surface area contributed by atoms with Gasteiger partial charge in [-0.05, 0) is 37.4 Å². The number of urea groups is 1. The second kappa shape index (κ2) is 9.92. The molecule has 21 heavy (non-hydrogen) atoms. The van der Waals surface area contributed by atoms with Gasteiger partial charge < -0.3 is 15.7 Å². The van der Waals surface area contributed by atoms with E-state index in [2.05, 4.69) is 31.4 Å². The molecule has 0 aliphatic carbocycles. The van der Waals surface area contributed by atoms with E-state index >= 15 is 0 Å². The number of aliphatic carboxylic acids is 1. The molecule has 0 bridgehead atoms. The number of carboxylic acid groups (broad SMARTS) is 1. The van der Waals surface area contributed by atoms with Crippen molar-refractivity contribution in [2.45, 2.75) is 53.0 Å². The molecule has 3 N–H and O–H groups in total. The van der Waals surface area contributed by atoms with Crippen molar-refractivity contribution in [2.24, 2.45) is 11.3 Å². The van der Waals surface area contributed by atoms with Crippen molar-refractivity contribution in [2.75, 3.05) is 18.6 Å². The Morgan fingerprint density at radius 3 is 2.33 bits per heavy atom. The molecule has 0 aromatic carbocycles. The number of carboxylic acids is 1. The molecule has 2 amide bonds. The Hall–Kier alpha value is -0.910. The van der Waals surface area contributed by atoms with Crippen LogP contribution in [0.4, 0.5) is 4.79 Å². The summed E-state index contributed by atoms with van der Waals surface area (Å²) >= 11 is 1.70. The van der Waals surface area contributed by atoms with E-state index < -0.39 is 5.97 Å². The first-order valence-corrected chi connectivity index (χ1v) is 8.81. The topological polar surface area (TPSA) is 78.4 Å². The van der Waals surface area contributed by atoms with Gasteiger partial charge in [0.15, 0.2) is 0 Å². The monoisotopic (exact) mass is 318 g/mol. The smallest absolute Gasteiger partial charge is 0.315 e. The number of hydrogen-bond acceptors (Lipinski definition) is 3. The predicted octanol–water partition coefficient (Wildman–Crippen LogP) is 2.95. The molecule has 124 valence electrons. The minimum Gasteiger partial charge on any atom is -0.481 e. The first kappa shape index (κ1) is 20.1. The van der Waals surface area contributed by atoms with Crippen LogP contribution in [-0.2, 0) is 4.79 Å². The highest BCUT2D eigenvalue weighted by Gasteiger charge is 2.24. The van der Waals surface area contributed by atoms with E-state index in [1.54, 1.807) is 11.8 Å². The average molecular weight is 318 g/mol. The van der Waals surface area contributed by atoms with Crippen LogP contribution in [0, 0.1) is 11.3 Å². The standard InChI is InChI=1S/C15H30N2O3S/c1-11(10-21-5)17-14(20)16-9-8-12(15(2,3)4)6-7-13(18)19/h11-12H,6-10H2,1-5H3,(H,18,19)(H2,16,17,20). The molecule has 0 aliphatic rings. The van der Waals surface area contributed by atoms with Crippen molar-refractivity contribution in [1.82, 2.24) is 10.6 Å². The summed E-state index contributed by atoms with van der Waals surface area (Å²) in [5.74, 6) is 0.398. The van der Waals surface area contributed by atoms with Gasteiger partial charge in [-0.2, -0.15) is 11.8 Å². The molecule has 0 aromatic heterocycles. The third kappa shape index (κ3) is 10.5. The van der Waals surface area contributed by atoms with E-state index in [1.165, 1.54) is 0 Å². The number of rotatable bonds is 9. The SMILES string of the molecule is CSCC(C)NC(=O)NCCC(CCC(=O)O)C(C)(C)C. The number of hydrogen-bond donors (Lipinski definition) is 3. The number of amides is 2. The molecular weight excluding hydrogens is 288 g/mol. The number of carbonyl (C=O) groups is 2. The molecule has 0 heterocycles. The van der Waals surface area contributed by atoms with E-state index in [1.807, 2.05) is 13.2 Å². The van der Waals surface area contributed by atoms with E-state index in [0.717, 1.165) is 12.2 Å². The van der Waals surface area contributed by atoms with Gasteiger partial charge in [0.2, 0.25) is 0 Å². The highest BCUT2D eigenvalue weighted by Crippen LogP contribution is 2.32. The minimum absolute atomic E-state index is 0.0414. The predicted molar refractivity (Wildman–Crippen MR) is 88.8 cm³/mol. The maximum absolute atomic E-state index is 11.7. The van der Waals surface area contributed by atoms with Crippen LogP contribution >= 0.6 is 11.8 Å². The highest BCUT2D eigenvalue weighted by atomic mass is 32.2. The van der Waals surface area contributed by atoms with Crippen LogP contribution in [0.3, 0.4) is 0 Å². The van der Waals surface area contributed by atoms with Crippen LogP contribution in [0.25, 0.3) is 0 Å². The lowest BCUT2D eigenvalue weighted by atomic mass is 9.76. The van der Waals surface area contributed by atoms with E-state index in [4.69, 9.17) is 5.11 Å². The summed E-state index contributed by atoms with van der Waals surface area (Å²) in [4.78, 5) is 22.4. The summed E-state index contributed by atoms with van der Waals surface area (Å²) in [5, 5.41) is 14.5. The molecule has 0 fully saturated rings. The molecule has 2 unspecified atom stereocenters. The first-order chi connectivity index (χ1) is 9.66. The first-order valence-electron chi connectivity index (χ1n) is 7.42. The average Bonchev–Trinajstić information content (AvgIpc) is 2.31. The third-order valence-corrected chi connectivity index (χ3v) is 4.34. The molecule has 0 saturated heterocycles. The Kier molecular flexibility index (Phi) is 9.49. The Balaban J connectivity index is 4.13. The summed E-state index contributed by atoms with van der Waals surface area (Å²) in [5.41, 5.74) is 0.0414. The van der Waals surface area contributed by atoms with Gasteiger partial charge in [-0.1, -0.05) is 20.8 Å². The summed E-state index contributed by atoms with van der Waals surface area (Å²) in [6, 6.07) is -0.00660.